The van der Waals surface area contributed by atoms with E-state index in [-0.39, 0.29) is 12.0 Å². The van der Waals surface area contributed by atoms with Gasteiger partial charge in [0, 0.05) is 45.4 Å². The normalized spacial score (nSPS) is 18.4. The molecule has 6 aromatic rings. The summed E-state index contributed by atoms with van der Waals surface area (Å²) < 4.78 is 12.6. The number of nitrogens with zero attached hydrogens (tertiary/aromatic N) is 1. The average Bonchev–Trinajstić information content (AvgIpc) is 3.68. The second-order valence-corrected chi connectivity index (χ2v) is 11.8. The Bertz CT molecular complexity index is 2420. The largest absolute Gasteiger partial charge is 0.485 e. The van der Waals surface area contributed by atoms with Crippen molar-refractivity contribution in [2.75, 3.05) is 4.90 Å². The molecule has 2 atom stereocenters. The summed E-state index contributed by atoms with van der Waals surface area (Å²) in [5.74, 6) is 1.02. The first-order valence-corrected chi connectivity index (χ1v) is 15.5. The Morgan fingerprint density at radius 3 is 2.35 bits per heavy atom. The van der Waals surface area contributed by atoms with E-state index >= 15 is 0 Å². The van der Waals surface area contributed by atoms with E-state index in [9.17, 15) is 5.41 Å². The fourth-order valence-electron chi connectivity index (χ4n) is 6.80. The molecule has 0 amide bonds. The molecule has 1 aliphatic carbocycles. The van der Waals surface area contributed by atoms with Gasteiger partial charge in [-0.15, -0.1) is 0 Å². The van der Waals surface area contributed by atoms with Crippen molar-refractivity contribution in [3.63, 3.8) is 0 Å². The second-order valence-electron chi connectivity index (χ2n) is 11.8. The third kappa shape index (κ3) is 4.28. The van der Waals surface area contributed by atoms with E-state index in [1.165, 1.54) is 0 Å². The molecule has 1 aromatic heterocycles. The summed E-state index contributed by atoms with van der Waals surface area (Å²) in [6, 6.07) is 39.0. The van der Waals surface area contributed by atoms with E-state index in [0.717, 1.165) is 72.0 Å². The van der Waals surface area contributed by atoms with Crippen LogP contribution in [0.15, 0.2) is 155 Å². The number of para-hydroxylation sites is 1. The lowest BCUT2D eigenvalue weighted by Gasteiger charge is -2.31. The van der Waals surface area contributed by atoms with Crippen molar-refractivity contribution in [3.05, 3.63) is 173 Å². The Morgan fingerprint density at radius 2 is 1.43 bits per heavy atom. The van der Waals surface area contributed by atoms with Gasteiger partial charge in [0.1, 0.15) is 23.0 Å². The number of nitrogens with one attached hydrogen (secondary N) is 2. The van der Waals surface area contributed by atoms with Crippen molar-refractivity contribution < 1.29 is 9.15 Å². The van der Waals surface area contributed by atoms with Gasteiger partial charge in [0.25, 0.3) is 0 Å². The molecule has 3 heterocycles. The SMILES string of the molecule is N=C(/C(=C1/C=c2ccccc2=CN1)N(c1ccc2c(c1)C1C=CC=CC1O2)c1ccc2oc3ccccc3c2c1)c1ccccc1. The highest BCUT2D eigenvalue weighted by Crippen LogP contribution is 2.45. The second kappa shape index (κ2) is 10.5. The average molecular weight is 596 g/mol. The molecule has 0 fully saturated rings. The lowest BCUT2D eigenvalue weighted by Crippen LogP contribution is -2.35. The van der Waals surface area contributed by atoms with Crippen LogP contribution in [0.4, 0.5) is 11.4 Å². The van der Waals surface area contributed by atoms with Crippen LogP contribution in [-0.2, 0) is 0 Å². The molecule has 5 aromatic carbocycles. The first-order valence-electron chi connectivity index (χ1n) is 15.5. The van der Waals surface area contributed by atoms with Crippen LogP contribution in [0.5, 0.6) is 5.75 Å². The van der Waals surface area contributed by atoms with E-state index in [4.69, 9.17) is 9.15 Å². The highest BCUT2D eigenvalue weighted by molar-refractivity contribution is 6.16. The summed E-state index contributed by atoms with van der Waals surface area (Å²) in [5.41, 5.74) is 7.47. The number of hydrogen-bond acceptors (Lipinski definition) is 5. The Balaban J connectivity index is 1.32. The Kier molecular flexibility index (Phi) is 6.03. The van der Waals surface area contributed by atoms with Crippen LogP contribution in [0, 0.1) is 5.41 Å². The number of benzene rings is 5. The molecule has 0 saturated carbocycles. The molecule has 2 aliphatic heterocycles. The number of rotatable bonds is 5. The molecular formula is C41H29N3O2. The van der Waals surface area contributed by atoms with Crippen LogP contribution in [0.2, 0.25) is 0 Å². The number of ether oxygens (including phenoxy) is 1. The maximum absolute atomic E-state index is 9.76. The number of fused-ring (bicyclic) bond motifs is 7. The minimum absolute atomic E-state index is 0.0165. The highest BCUT2D eigenvalue weighted by Gasteiger charge is 2.33. The fourth-order valence-corrected chi connectivity index (χ4v) is 6.80. The molecule has 0 bridgehead atoms. The zero-order valence-corrected chi connectivity index (χ0v) is 24.9. The summed E-state index contributed by atoms with van der Waals surface area (Å²) in [6.45, 7) is 0. The summed E-state index contributed by atoms with van der Waals surface area (Å²) in [7, 11) is 0. The van der Waals surface area contributed by atoms with E-state index < -0.39 is 0 Å². The predicted molar refractivity (Wildman–Crippen MR) is 186 cm³/mol. The first kappa shape index (κ1) is 26.3. The first-order chi connectivity index (χ1) is 22.7. The van der Waals surface area contributed by atoms with E-state index in [2.05, 4.69) is 83.1 Å². The fraction of sp³-hybridized carbons (Fsp3) is 0.0488. The lowest BCUT2D eigenvalue weighted by atomic mass is 9.91. The van der Waals surface area contributed by atoms with Crippen LogP contribution >= 0.6 is 0 Å². The monoisotopic (exact) mass is 595 g/mol. The molecule has 0 spiro atoms. The molecule has 3 aliphatic rings. The molecule has 2 unspecified atom stereocenters. The van der Waals surface area contributed by atoms with Crippen LogP contribution in [0.1, 0.15) is 17.0 Å². The van der Waals surface area contributed by atoms with E-state index in [1.54, 1.807) is 0 Å². The number of furan rings is 1. The van der Waals surface area contributed by atoms with Gasteiger partial charge in [0.2, 0.25) is 0 Å². The Morgan fingerprint density at radius 1 is 0.696 bits per heavy atom. The maximum atomic E-state index is 9.76. The molecule has 0 radical (unpaired) electrons. The van der Waals surface area contributed by atoms with Crippen molar-refractivity contribution in [2.24, 2.45) is 0 Å². The molecule has 46 heavy (non-hydrogen) atoms. The molecule has 220 valence electrons. The van der Waals surface area contributed by atoms with Gasteiger partial charge in [0.15, 0.2) is 0 Å². The van der Waals surface area contributed by atoms with Crippen LogP contribution in [-0.4, -0.2) is 11.8 Å². The summed E-state index contributed by atoms with van der Waals surface area (Å²) >= 11 is 0. The summed E-state index contributed by atoms with van der Waals surface area (Å²) in [4.78, 5) is 2.20. The number of hydrogen-bond donors (Lipinski definition) is 2. The molecule has 9 rings (SSSR count). The molecule has 5 heteroatoms. The summed E-state index contributed by atoms with van der Waals surface area (Å²) in [5, 5.41) is 17.6. The van der Waals surface area contributed by atoms with Crippen molar-refractivity contribution in [3.8, 4) is 5.75 Å². The van der Waals surface area contributed by atoms with Gasteiger partial charge in [-0.3, -0.25) is 5.41 Å². The molecule has 0 saturated heterocycles. The van der Waals surface area contributed by atoms with Gasteiger partial charge < -0.3 is 19.4 Å². The van der Waals surface area contributed by atoms with E-state index in [0.29, 0.717) is 5.71 Å². The minimum Gasteiger partial charge on any atom is -0.485 e. The van der Waals surface area contributed by atoms with Crippen LogP contribution < -0.4 is 25.4 Å². The van der Waals surface area contributed by atoms with Gasteiger partial charge in [0.05, 0.1) is 17.1 Å². The van der Waals surface area contributed by atoms with Gasteiger partial charge in [-0.1, -0.05) is 91.0 Å². The quantitative estimate of drug-likeness (QED) is 0.200. The molecule has 5 nitrogen and oxygen atoms in total. The number of anilines is 2. The third-order valence-corrected chi connectivity index (χ3v) is 9.03. The van der Waals surface area contributed by atoms with Crippen molar-refractivity contribution in [2.45, 2.75) is 12.0 Å². The molecule has 2 N–H and O–H groups in total. The third-order valence-electron chi connectivity index (χ3n) is 9.03. The zero-order chi connectivity index (χ0) is 30.6. The van der Waals surface area contributed by atoms with Gasteiger partial charge >= 0.3 is 0 Å². The molecular weight excluding hydrogens is 566 g/mol. The van der Waals surface area contributed by atoms with Gasteiger partial charge in [-0.2, -0.15) is 0 Å². The standard InChI is InChI=1S/C41H29N3O2/c42-40(26-10-2-1-3-11-26)41(35-22-27-12-4-5-13-28(27)25-43-35)44(29-18-20-38-33(23-29)31-14-6-8-16-36(31)45-38)30-19-21-39-34(24-30)32-15-7-9-17-37(32)46-39/h1-25,31,36,42-43H/b41-35+,42-40?. The predicted octanol–water partition coefficient (Wildman–Crippen LogP) is 7.80. The van der Waals surface area contributed by atoms with E-state index in [1.807, 2.05) is 79.0 Å². The van der Waals surface area contributed by atoms with Crippen LogP contribution in [0.25, 0.3) is 34.2 Å². The highest BCUT2D eigenvalue weighted by atomic mass is 16.5. The van der Waals surface area contributed by atoms with Gasteiger partial charge in [-0.05, 0) is 65.1 Å². The topological polar surface area (TPSA) is 61.5 Å². The Hall–Kier alpha value is -6.07. The van der Waals surface area contributed by atoms with Gasteiger partial charge in [-0.25, -0.2) is 0 Å². The van der Waals surface area contributed by atoms with Crippen molar-refractivity contribution in [1.82, 2.24) is 5.32 Å². The van der Waals surface area contributed by atoms with Crippen LogP contribution in [0.3, 0.4) is 0 Å². The summed E-state index contributed by atoms with van der Waals surface area (Å²) in [6.07, 6.45) is 12.6. The Labute approximate surface area is 265 Å². The van der Waals surface area contributed by atoms with Crippen molar-refractivity contribution in [1.29, 1.82) is 5.41 Å². The smallest absolute Gasteiger partial charge is 0.135 e. The minimum atomic E-state index is -0.0165. The number of allylic oxidation sites excluding steroid dienone is 4. The van der Waals surface area contributed by atoms with Crippen molar-refractivity contribution >= 4 is 51.3 Å². The zero-order valence-electron chi connectivity index (χ0n) is 24.9. The lowest BCUT2D eigenvalue weighted by molar-refractivity contribution is 0.269. The maximum Gasteiger partial charge on any atom is 0.135 e.